The lowest BCUT2D eigenvalue weighted by Crippen LogP contribution is -1.86. The second-order valence-electron chi connectivity index (χ2n) is 3.81. The Labute approximate surface area is 90.8 Å². The molecule has 0 saturated heterocycles. The van der Waals surface area contributed by atoms with Crippen LogP contribution in [0.5, 0.6) is 0 Å². The van der Waals surface area contributed by atoms with Gasteiger partial charge in [-0.1, -0.05) is 43.4 Å². The molecule has 0 nitrogen and oxygen atoms in total. The minimum absolute atomic E-state index is 0.510. The van der Waals surface area contributed by atoms with E-state index in [-0.39, 0.29) is 0 Å². The topological polar surface area (TPSA) is 0 Å². The van der Waals surface area contributed by atoms with Crippen LogP contribution in [0.25, 0.3) is 12.2 Å². The third-order valence-electron chi connectivity index (χ3n) is 2.60. The lowest BCUT2D eigenvalue weighted by atomic mass is 10.0. The highest BCUT2D eigenvalue weighted by atomic mass is 32.1. The van der Waals surface area contributed by atoms with Gasteiger partial charge in [-0.15, -0.1) is 12.6 Å². The van der Waals surface area contributed by atoms with E-state index in [9.17, 15) is 0 Å². The van der Waals surface area contributed by atoms with E-state index in [1.54, 1.807) is 0 Å². The van der Waals surface area contributed by atoms with Gasteiger partial charge in [-0.25, -0.2) is 0 Å². The van der Waals surface area contributed by atoms with Crippen molar-refractivity contribution in [2.75, 3.05) is 0 Å². The fraction of sp³-hybridized carbons (Fsp3) is 0.231. The molecule has 1 aromatic rings. The second kappa shape index (κ2) is 3.66. The molecule has 0 fully saturated rings. The highest BCUT2D eigenvalue weighted by Crippen LogP contribution is 2.27. The van der Waals surface area contributed by atoms with Gasteiger partial charge < -0.3 is 0 Å². The molecule has 0 bridgehead atoms. The summed E-state index contributed by atoms with van der Waals surface area (Å²) >= 11 is 4.54. The standard InChI is InChI=1S/C13H14S/c1-9-3-6-11-7-5-10(2)13(14)12(11)8-4-9/h3-9,14H,1-2H3. The number of aryl methyl sites for hydroxylation is 1. The van der Waals surface area contributed by atoms with Crippen LogP contribution in [0.3, 0.4) is 0 Å². The van der Waals surface area contributed by atoms with E-state index < -0.39 is 0 Å². The Morgan fingerprint density at radius 2 is 1.86 bits per heavy atom. The summed E-state index contributed by atoms with van der Waals surface area (Å²) in [6.45, 7) is 4.28. The first-order valence-electron chi connectivity index (χ1n) is 4.87. The second-order valence-corrected chi connectivity index (χ2v) is 4.26. The zero-order valence-electron chi connectivity index (χ0n) is 8.49. The van der Waals surface area contributed by atoms with E-state index in [4.69, 9.17) is 0 Å². The highest BCUT2D eigenvalue weighted by Gasteiger charge is 2.06. The lowest BCUT2D eigenvalue weighted by molar-refractivity contribution is 0.953. The highest BCUT2D eigenvalue weighted by molar-refractivity contribution is 7.80. The van der Waals surface area contributed by atoms with Gasteiger partial charge >= 0.3 is 0 Å². The summed E-state index contributed by atoms with van der Waals surface area (Å²) in [6.07, 6.45) is 8.78. The Balaban J connectivity index is 2.63. The maximum Gasteiger partial charge on any atom is 0.0148 e. The van der Waals surface area contributed by atoms with E-state index in [1.165, 1.54) is 16.7 Å². The number of hydrogen-bond acceptors (Lipinski definition) is 1. The fourth-order valence-electron chi connectivity index (χ4n) is 1.62. The third kappa shape index (κ3) is 1.64. The summed E-state index contributed by atoms with van der Waals surface area (Å²) in [5.41, 5.74) is 3.75. The predicted octanol–water partition coefficient (Wildman–Crippen LogP) is 3.96. The van der Waals surface area contributed by atoms with Crippen LogP contribution >= 0.6 is 12.6 Å². The number of allylic oxidation sites excluding steroid dienone is 2. The van der Waals surface area contributed by atoms with Crippen molar-refractivity contribution in [1.29, 1.82) is 0 Å². The number of thiol groups is 1. The number of benzene rings is 1. The number of rotatable bonds is 0. The lowest BCUT2D eigenvalue weighted by Gasteiger charge is -2.06. The van der Waals surface area contributed by atoms with Crippen LogP contribution in [0.1, 0.15) is 23.6 Å². The first-order chi connectivity index (χ1) is 6.68. The first kappa shape index (κ1) is 9.60. The normalized spacial score (nSPS) is 19.2. The van der Waals surface area contributed by atoms with Crippen LogP contribution < -0.4 is 0 Å². The molecule has 0 spiro atoms. The van der Waals surface area contributed by atoms with Gasteiger partial charge in [0, 0.05) is 4.90 Å². The monoisotopic (exact) mass is 202 g/mol. The smallest absolute Gasteiger partial charge is 0.0148 e. The Morgan fingerprint density at radius 1 is 1.14 bits per heavy atom. The van der Waals surface area contributed by atoms with Crippen molar-refractivity contribution in [2.24, 2.45) is 5.92 Å². The summed E-state index contributed by atoms with van der Waals surface area (Å²) in [5.74, 6) is 0.510. The maximum absolute atomic E-state index is 4.54. The molecule has 0 saturated carbocycles. The molecule has 0 heterocycles. The summed E-state index contributed by atoms with van der Waals surface area (Å²) < 4.78 is 0. The molecule has 1 aliphatic rings. The van der Waals surface area contributed by atoms with Crippen LogP contribution in [-0.4, -0.2) is 0 Å². The Bertz CT molecular complexity index is 413. The molecule has 0 aromatic heterocycles. The molecule has 1 aliphatic carbocycles. The average molecular weight is 202 g/mol. The van der Waals surface area contributed by atoms with Crippen molar-refractivity contribution in [3.8, 4) is 0 Å². The van der Waals surface area contributed by atoms with E-state index in [0.29, 0.717) is 5.92 Å². The zero-order chi connectivity index (χ0) is 10.1. The third-order valence-corrected chi connectivity index (χ3v) is 3.19. The van der Waals surface area contributed by atoms with Gasteiger partial charge in [0.2, 0.25) is 0 Å². The van der Waals surface area contributed by atoms with Gasteiger partial charge in [-0.3, -0.25) is 0 Å². The van der Waals surface area contributed by atoms with E-state index in [0.717, 1.165) is 4.90 Å². The molecule has 0 radical (unpaired) electrons. The first-order valence-corrected chi connectivity index (χ1v) is 5.32. The van der Waals surface area contributed by atoms with Crippen molar-refractivity contribution < 1.29 is 0 Å². The molecular weight excluding hydrogens is 188 g/mol. The van der Waals surface area contributed by atoms with Crippen molar-refractivity contribution in [1.82, 2.24) is 0 Å². The summed E-state index contributed by atoms with van der Waals surface area (Å²) in [4.78, 5) is 1.09. The van der Waals surface area contributed by atoms with E-state index >= 15 is 0 Å². The molecule has 1 aromatic carbocycles. The van der Waals surface area contributed by atoms with Gasteiger partial charge in [0.05, 0.1) is 0 Å². The Kier molecular flexibility index (Phi) is 2.51. The van der Waals surface area contributed by atoms with Crippen LogP contribution in [0, 0.1) is 12.8 Å². The predicted molar refractivity (Wildman–Crippen MR) is 65.7 cm³/mol. The molecule has 0 aliphatic heterocycles. The van der Waals surface area contributed by atoms with Crippen molar-refractivity contribution >= 4 is 24.8 Å². The van der Waals surface area contributed by atoms with Crippen LogP contribution in [0.15, 0.2) is 29.2 Å². The molecule has 2 rings (SSSR count). The summed E-state index contributed by atoms with van der Waals surface area (Å²) in [6, 6.07) is 4.28. The molecule has 0 N–H and O–H groups in total. The maximum atomic E-state index is 4.54. The molecule has 14 heavy (non-hydrogen) atoms. The van der Waals surface area contributed by atoms with Gasteiger partial charge in [0.15, 0.2) is 0 Å². The van der Waals surface area contributed by atoms with Crippen molar-refractivity contribution in [2.45, 2.75) is 18.7 Å². The summed E-state index contributed by atoms with van der Waals surface area (Å²) in [7, 11) is 0. The van der Waals surface area contributed by atoms with Gasteiger partial charge in [-0.05, 0) is 29.5 Å². The zero-order valence-corrected chi connectivity index (χ0v) is 9.38. The van der Waals surface area contributed by atoms with Gasteiger partial charge in [0.1, 0.15) is 0 Å². The minimum Gasteiger partial charge on any atom is -0.143 e. The van der Waals surface area contributed by atoms with Crippen molar-refractivity contribution in [3.63, 3.8) is 0 Å². The SMILES string of the molecule is Cc1ccc2c(c1S)C=CC(C)C=C2. The average Bonchev–Trinajstić information content (AvgIpc) is 2.35. The molecule has 0 amide bonds. The minimum atomic E-state index is 0.510. The Morgan fingerprint density at radius 3 is 2.64 bits per heavy atom. The quantitative estimate of drug-likeness (QED) is 0.605. The number of fused-ring (bicyclic) bond motifs is 1. The largest absolute Gasteiger partial charge is 0.143 e. The van der Waals surface area contributed by atoms with Crippen molar-refractivity contribution in [3.05, 3.63) is 41.0 Å². The fourth-order valence-corrected chi connectivity index (χ4v) is 1.90. The molecule has 1 heteroatoms. The van der Waals surface area contributed by atoms with Gasteiger partial charge in [-0.2, -0.15) is 0 Å². The Hall–Kier alpha value is -0.950. The molecule has 72 valence electrons. The van der Waals surface area contributed by atoms with Crippen LogP contribution in [0.4, 0.5) is 0 Å². The van der Waals surface area contributed by atoms with Crippen LogP contribution in [0.2, 0.25) is 0 Å². The molecule has 1 atom stereocenters. The van der Waals surface area contributed by atoms with Crippen LogP contribution in [-0.2, 0) is 0 Å². The summed E-state index contributed by atoms with van der Waals surface area (Å²) in [5, 5.41) is 0. The van der Waals surface area contributed by atoms with E-state index in [1.807, 2.05) is 0 Å². The molecule has 1 unspecified atom stereocenters. The van der Waals surface area contributed by atoms with E-state index in [2.05, 4.69) is 62.9 Å². The van der Waals surface area contributed by atoms with Gasteiger partial charge in [0.25, 0.3) is 0 Å². The number of hydrogen-bond donors (Lipinski definition) is 1. The molecular formula is C13H14S.